The Morgan fingerprint density at radius 2 is 2.06 bits per heavy atom. The van der Waals surface area contributed by atoms with Crippen molar-refractivity contribution in [3.63, 3.8) is 0 Å². The Morgan fingerprint density at radius 3 is 2.56 bits per heavy atom. The Labute approximate surface area is 97.6 Å². The van der Waals surface area contributed by atoms with Crippen LogP contribution in [0.4, 0.5) is 0 Å². The van der Waals surface area contributed by atoms with E-state index < -0.39 is 0 Å². The molecule has 0 spiro atoms. The quantitative estimate of drug-likeness (QED) is 0.761. The second-order valence-corrected chi connectivity index (χ2v) is 4.47. The van der Waals surface area contributed by atoms with Gasteiger partial charge in [-0.2, -0.15) is 0 Å². The molecular formula is C14H20O2. The van der Waals surface area contributed by atoms with E-state index in [1.807, 2.05) is 32.9 Å². The molecule has 0 bridgehead atoms. The van der Waals surface area contributed by atoms with Crippen LogP contribution in [0, 0.1) is 6.92 Å². The summed E-state index contributed by atoms with van der Waals surface area (Å²) in [6, 6.07) is 6.12. The first-order valence-electron chi connectivity index (χ1n) is 5.74. The molecular weight excluding hydrogens is 200 g/mol. The van der Waals surface area contributed by atoms with E-state index >= 15 is 0 Å². The minimum atomic E-state index is 0.196. The van der Waals surface area contributed by atoms with Gasteiger partial charge in [0.2, 0.25) is 0 Å². The fourth-order valence-electron chi connectivity index (χ4n) is 1.57. The van der Waals surface area contributed by atoms with Gasteiger partial charge in [-0.1, -0.05) is 12.1 Å². The zero-order valence-corrected chi connectivity index (χ0v) is 10.5. The van der Waals surface area contributed by atoms with E-state index in [4.69, 9.17) is 4.74 Å². The summed E-state index contributed by atoms with van der Waals surface area (Å²) >= 11 is 0. The molecule has 2 nitrogen and oxygen atoms in total. The van der Waals surface area contributed by atoms with Crippen LogP contribution in [0.25, 0.3) is 0 Å². The first-order valence-corrected chi connectivity index (χ1v) is 5.74. The van der Waals surface area contributed by atoms with Crippen molar-refractivity contribution in [3.05, 3.63) is 29.3 Å². The summed E-state index contributed by atoms with van der Waals surface area (Å²) in [7, 11) is 0. The lowest BCUT2D eigenvalue weighted by molar-refractivity contribution is -0.116. The minimum absolute atomic E-state index is 0.196. The Hall–Kier alpha value is -1.31. The summed E-state index contributed by atoms with van der Waals surface area (Å²) in [6.45, 7) is 7.70. The van der Waals surface area contributed by atoms with Crippen LogP contribution in [0.2, 0.25) is 0 Å². The maximum absolute atomic E-state index is 10.9. The van der Waals surface area contributed by atoms with Crippen molar-refractivity contribution in [2.24, 2.45) is 0 Å². The standard InChI is InChI=1S/C14H20O2/c1-10(2)16-14-8-7-13(9-11(14)3)6-5-12(4)15/h7-10H,5-6H2,1-4H3. The van der Waals surface area contributed by atoms with Gasteiger partial charge in [-0.3, -0.25) is 0 Å². The number of carbonyl (C=O) groups is 1. The Bertz CT molecular complexity index is 367. The van der Waals surface area contributed by atoms with Gasteiger partial charge in [0.05, 0.1) is 6.10 Å². The summed E-state index contributed by atoms with van der Waals surface area (Å²) in [5, 5.41) is 0. The fourth-order valence-corrected chi connectivity index (χ4v) is 1.57. The van der Waals surface area contributed by atoms with E-state index in [1.165, 1.54) is 5.56 Å². The normalized spacial score (nSPS) is 10.6. The molecule has 0 fully saturated rings. The topological polar surface area (TPSA) is 26.3 Å². The van der Waals surface area contributed by atoms with Gasteiger partial charge in [0, 0.05) is 6.42 Å². The van der Waals surface area contributed by atoms with E-state index in [-0.39, 0.29) is 11.9 Å². The number of rotatable bonds is 5. The molecule has 0 aliphatic carbocycles. The summed E-state index contributed by atoms with van der Waals surface area (Å²) < 4.78 is 5.66. The molecule has 0 aromatic heterocycles. The molecule has 0 heterocycles. The third kappa shape index (κ3) is 4.05. The molecule has 16 heavy (non-hydrogen) atoms. The first-order chi connectivity index (χ1) is 7.49. The minimum Gasteiger partial charge on any atom is -0.491 e. The lowest BCUT2D eigenvalue weighted by atomic mass is 10.1. The highest BCUT2D eigenvalue weighted by atomic mass is 16.5. The number of benzene rings is 1. The van der Waals surface area contributed by atoms with Crippen LogP contribution in [0.3, 0.4) is 0 Å². The maximum atomic E-state index is 10.9. The Morgan fingerprint density at radius 1 is 1.38 bits per heavy atom. The van der Waals surface area contributed by atoms with Crippen molar-refractivity contribution in [3.8, 4) is 5.75 Å². The van der Waals surface area contributed by atoms with Gasteiger partial charge < -0.3 is 9.53 Å². The van der Waals surface area contributed by atoms with Crippen LogP contribution in [-0.2, 0) is 11.2 Å². The van der Waals surface area contributed by atoms with Gasteiger partial charge in [0.15, 0.2) is 0 Å². The van der Waals surface area contributed by atoms with Gasteiger partial charge in [0.1, 0.15) is 11.5 Å². The Balaban J connectivity index is 2.70. The molecule has 0 aliphatic rings. The van der Waals surface area contributed by atoms with Crippen molar-refractivity contribution in [1.82, 2.24) is 0 Å². The molecule has 0 aliphatic heterocycles. The molecule has 2 heteroatoms. The van der Waals surface area contributed by atoms with E-state index in [9.17, 15) is 4.79 Å². The van der Waals surface area contributed by atoms with Crippen LogP contribution in [-0.4, -0.2) is 11.9 Å². The molecule has 0 saturated carbocycles. The first kappa shape index (κ1) is 12.8. The average molecular weight is 220 g/mol. The molecule has 0 N–H and O–H groups in total. The fraction of sp³-hybridized carbons (Fsp3) is 0.500. The van der Waals surface area contributed by atoms with Gasteiger partial charge in [-0.05, 0) is 51.3 Å². The second kappa shape index (κ2) is 5.69. The molecule has 0 amide bonds. The number of aryl methyl sites for hydroxylation is 2. The number of carbonyl (C=O) groups excluding carboxylic acids is 1. The zero-order chi connectivity index (χ0) is 12.1. The molecule has 1 aromatic carbocycles. The maximum Gasteiger partial charge on any atom is 0.130 e. The predicted molar refractivity (Wildman–Crippen MR) is 65.9 cm³/mol. The number of Topliss-reactive ketones (excluding diaryl/α,β-unsaturated/α-hetero) is 1. The SMILES string of the molecule is CC(=O)CCc1ccc(OC(C)C)c(C)c1. The van der Waals surface area contributed by atoms with Gasteiger partial charge in [0.25, 0.3) is 0 Å². The predicted octanol–water partition coefficient (Wildman–Crippen LogP) is 3.30. The molecule has 0 radical (unpaired) electrons. The van der Waals surface area contributed by atoms with Crippen LogP contribution in [0.1, 0.15) is 38.3 Å². The third-order valence-electron chi connectivity index (χ3n) is 2.37. The molecule has 1 aromatic rings. The average Bonchev–Trinajstić information content (AvgIpc) is 2.18. The van der Waals surface area contributed by atoms with E-state index in [1.54, 1.807) is 6.92 Å². The van der Waals surface area contributed by atoms with Crippen molar-refractivity contribution in [1.29, 1.82) is 0 Å². The Kier molecular flexibility index (Phi) is 4.53. The molecule has 0 atom stereocenters. The van der Waals surface area contributed by atoms with Crippen LogP contribution in [0.5, 0.6) is 5.75 Å². The summed E-state index contributed by atoms with van der Waals surface area (Å²) in [4.78, 5) is 10.9. The highest BCUT2D eigenvalue weighted by molar-refractivity contribution is 5.75. The van der Waals surface area contributed by atoms with Crippen LogP contribution >= 0.6 is 0 Å². The summed E-state index contributed by atoms with van der Waals surface area (Å²) in [5.74, 6) is 1.17. The largest absolute Gasteiger partial charge is 0.491 e. The lowest BCUT2D eigenvalue weighted by Gasteiger charge is -2.13. The number of ketones is 1. The number of hydrogen-bond acceptors (Lipinski definition) is 2. The van der Waals surface area contributed by atoms with Crippen molar-refractivity contribution < 1.29 is 9.53 Å². The third-order valence-corrected chi connectivity index (χ3v) is 2.37. The monoisotopic (exact) mass is 220 g/mol. The van der Waals surface area contributed by atoms with Crippen LogP contribution < -0.4 is 4.74 Å². The van der Waals surface area contributed by atoms with Crippen molar-refractivity contribution in [2.75, 3.05) is 0 Å². The lowest BCUT2D eigenvalue weighted by Crippen LogP contribution is -2.06. The van der Waals surface area contributed by atoms with Crippen LogP contribution in [0.15, 0.2) is 18.2 Å². The van der Waals surface area contributed by atoms with E-state index in [0.29, 0.717) is 6.42 Å². The summed E-state index contributed by atoms with van der Waals surface area (Å²) in [5.41, 5.74) is 2.33. The zero-order valence-electron chi connectivity index (χ0n) is 10.5. The van der Waals surface area contributed by atoms with Crippen molar-refractivity contribution >= 4 is 5.78 Å². The second-order valence-electron chi connectivity index (χ2n) is 4.47. The van der Waals surface area contributed by atoms with E-state index in [2.05, 4.69) is 6.07 Å². The van der Waals surface area contributed by atoms with E-state index in [0.717, 1.165) is 17.7 Å². The van der Waals surface area contributed by atoms with Gasteiger partial charge in [-0.15, -0.1) is 0 Å². The van der Waals surface area contributed by atoms with Crippen molar-refractivity contribution in [2.45, 2.75) is 46.6 Å². The molecule has 1 rings (SSSR count). The molecule has 88 valence electrons. The number of ether oxygens (including phenoxy) is 1. The number of hydrogen-bond donors (Lipinski definition) is 0. The summed E-state index contributed by atoms with van der Waals surface area (Å²) in [6.07, 6.45) is 1.63. The van der Waals surface area contributed by atoms with Gasteiger partial charge >= 0.3 is 0 Å². The highest BCUT2D eigenvalue weighted by Crippen LogP contribution is 2.21. The van der Waals surface area contributed by atoms with Gasteiger partial charge in [-0.25, -0.2) is 0 Å². The molecule has 0 unspecified atom stereocenters. The highest BCUT2D eigenvalue weighted by Gasteiger charge is 2.04. The molecule has 0 saturated heterocycles. The smallest absolute Gasteiger partial charge is 0.130 e.